The maximum atomic E-state index is 12.7. The lowest BCUT2D eigenvalue weighted by Gasteiger charge is -2.35. The minimum atomic E-state index is -0.843. The molecule has 1 aromatic rings. The summed E-state index contributed by atoms with van der Waals surface area (Å²) in [6, 6.07) is 9.55. The van der Waals surface area contributed by atoms with E-state index in [9.17, 15) is 9.59 Å². The number of urea groups is 1. The van der Waals surface area contributed by atoms with E-state index in [1.165, 1.54) is 0 Å². The highest BCUT2D eigenvalue weighted by molar-refractivity contribution is 5.75. The van der Waals surface area contributed by atoms with Crippen LogP contribution in [0, 0.1) is 0 Å². The van der Waals surface area contributed by atoms with E-state index in [-0.39, 0.29) is 24.6 Å². The van der Waals surface area contributed by atoms with Crippen molar-refractivity contribution in [1.82, 2.24) is 15.1 Å². The zero-order valence-electron chi connectivity index (χ0n) is 17.0. The highest BCUT2D eigenvalue weighted by atomic mass is 16.5. The number of carboxylic acid groups (broad SMARTS) is 1. The van der Waals surface area contributed by atoms with E-state index in [0.29, 0.717) is 32.5 Å². The molecular weight excluding hydrogens is 358 g/mol. The molecule has 0 bridgehead atoms. The number of rotatable bonds is 10. The molecule has 0 aromatic heterocycles. The van der Waals surface area contributed by atoms with Gasteiger partial charge in [0.2, 0.25) is 0 Å². The van der Waals surface area contributed by atoms with Crippen LogP contribution in [0.25, 0.3) is 0 Å². The van der Waals surface area contributed by atoms with E-state index in [4.69, 9.17) is 9.84 Å². The van der Waals surface area contributed by atoms with Crippen LogP contribution in [0.1, 0.15) is 32.3 Å². The number of piperazine rings is 1. The molecule has 0 spiro atoms. The highest BCUT2D eigenvalue weighted by Crippen LogP contribution is 2.10. The minimum Gasteiger partial charge on any atom is -0.481 e. The monoisotopic (exact) mass is 391 g/mol. The van der Waals surface area contributed by atoms with Gasteiger partial charge in [0.15, 0.2) is 0 Å². The average Bonchev–Trinajstić information content (AvgIpc) is 2.67. The quantitative estimate of drug-likeness (QED) is 0.639. The van der Waals surface area contributed by atoms with E-state index in [0.717, 1.165) is 25.2 Å². The number of carbonyl (C=O) groups excluding carboxylic acids is 1. The normalized spacial score (nSPS) is 16.2. The van der Waals surface area contributed by atoms with Crippen LogP contribution in [0.15, 0.2) is 30.3 Å². The van der Waals surface area contributed by atoms with E-state index in [1.54, 1.807) is 0 Å². The lowest BCUT2D eigenvalue weighted by Crippen LogP contribution is -2.54. The fourth-order valence-electron chi connectivity index (χ4n) is 3.28. The summed E-state index contributed by atoms with van der Waals surface area (Å²) in [5.41, 5.74) is 1.09. The second kappa shape index (κ2) is 11.7. The van der Waals surface area contributed by atoms with Crippen LogP contribution in [0.4, 0.5) is 4.79 Å². The first kappa shape index (κ1) is 22.2. The van der Waals surface area contributed by atoms with E-state index >= 15 is 0 Å². The molecule has 1 heterocycles. The molecule has 1 fully saturated rings. The van der Waals surface area contributed by atoms with Gasteiger partial charge in [0.05, 0.1) is 12.7 Å². The van der Waals surface area contributed by atoms with Crippen LogP contribution < -0.4 is 5.32 Å². The molecular formula is C21H33N3O4. The molecule has 2 rings (SSSR count). The zero-order chi connectivity index (χ0) is 20.4. The molecule has 2 amide bonds. The van der Waals surface area contributed by atoms with Gasteiger partial charge in [-0.15, -0.1) is 0 Å². The molecule has 0 radical (unpaired) electrons. The first-order valence-corrected chi connectivity index (χ1v) is 10.1. The number of aliphatic carboxylic acids is 1. The van der Waals surface area contributed by atoms with Crippen molar-refractivity contribution in [2.24, 2.45) is 0 Å². The Morgan fingerprint density at radius 3 is 2.43 bits per heavy atom. The maximum Gasteiger partial charge on any atom is 0.317 e. The maximum absolute atomic E-state index is 12.7. The Hall–Kier alpha value is -2.12. The van der Waals surface area contributed by atoms with Gasteiger partial charge in [-0.25, -0.2) is 4.79 Å². The van der Waals surface area contributed by atoms with Crippen molar-refractivity contribution < 1.29 is 19.4 Å². The van der Waals surface area contributed by atoms with E-state index < -0.39 is 5.97 Å². The summed E-state index contributed by atoms with van der Waals surface area (Å²) in [4.78, 5) is 27.8. The fourth-order valence-corrected chi connectivity index (χ4v) is 3.28. The van der Waals surface area contributed by atoms with E-state index in [2.05, 4.69) is 10.2 Å². The first-order chi connectivity index (χ1) is 13.4. The smallest absolute Gasteiger partial charge is 0.317 e. The molecule has 0 aliphatic carbocycles. The van der Waals surface area contributed by atoms with Crippen molar-refractivity contribution >= 4 is 12.0 Å². The lowest BCUT2D eigenvalue weighted by molar-refractivity contribution is -0.137. The van der Waals surface area contributed by atoms with Crippen LogP contribution in [0.3, 0.4) is 0 Å². The highest BCUT2D eigenvalue weighted by Gasteiger charge is 2.23. The number of ether oxygens (including phenoxy) is 1. The second-order valence-corrected chi connectivity index (χ2v) is 7.52. The number of hydrogen-bond acceptors (Lipinski definition) is 4. The number of carbonyl (C=O) groups is 2. The minimum absolute atomic E-state index is 0.0431. The predicted molar refractivity (Wildman–Crippen MR) is 108 cm³/mol. The molecule has 0 saturated carbocycles. The number of benzene rings is 1. The molecule has 156 valence electrons. The van der Waals surface area contributed by atoms with Gasteiger partial charge in [-0.1, -0.05) is 30.3 Å². The van der Waals surface area contributed by atoms with Gasteiger partial charge in [-0.2, -0.15) is 0 Å². The van der Waals surface area contributed by atoms with Crippen LogP contribution in [-0.4, -0.2) is 78.4 Å². The Kier molecular flexibility index (Phi) is 9.23. The Morgan fingerprint density at radius 1 is 1.14 bits per heavy atom. The Balaban J connectivity index is 1.81. The summed E-state index contributed by atoms with van der Waals surface area (Å²) in [6.45, 7) is 8.63. The molecule has 1 aromatic carbocycles. The number of amides is 2. The summed E-state index contributed by atoms with van der Waals surface area (Å²) in [6.07, 6.45) is 1.33. The molecule has 1 saturated heterocycles. The first-order valence-electron chi connectivity index (χ1n) is 10.1. The van der Waals surface area contributed by atoms with Crippen LogP contribution >= 0.6 is 0 Å². The van der Waals surface area contributed by atoms with Gasteiger partial charge in [0.25, 0.3) is 0 Å². The zero-order valence-corrected chi connectivity index (χ0v) is 17.0. The Morgan fingerprint density at radius 2 is 1.82 bits per heavy atom. The Labute approximate surface area is 167 Å². The second-order valence-electron chi connectivity index (χ2n) is 7.52. The number of nitrogens with zero attached hydrogens (tertiary/aromatic N) is 2. The van der Waals surface area contributed by atoms with Crippen LogP contribution in [-0.2, 0) is 16.0 Å². The molecule has 1 aliphatic heterocycles. The third-order valence-electron chi connectivity index (χ3n) is 4.88. The molecule has 2 N–H and O–H groups in total. The van der Waals surface area contributed by atoms with Crippen molar-refractivity contribution in [2.75, 3.05) is 39.3 Å². The van der Waals surface area contributed by atoms with Crippen molar-refractivity contribution in [1.29, 1.82) is 0 Å². The van der Waals surface area contributed by atoms with Gasteiger partial charge in [-0.3, -0.25) is 9.69 Å². The number of nitrogens with one attached hydrogen (secondary N) is 1. The molecule has 1 aliphatic rings. The van der Waals surface area contributed by atoms with Gasteiger partial charge >= 0.3 is 12.0 Å². The average molecular weight is 392 g/mol. The fraction of sp³-hybridized carbons (Fsp3) is 0.619. The van der Waals surface area contributed by atoms with Crippen LogP contribution in [0.2, 0.25) is 0 Å². The van der Waals surface area contributed by atoms with Crippen molar-refractivity contribution in [3.8, 4) is 0 Å². The largest absolute Gasteiger partial charge is 0.481 e. The summed E-state index contributed by atoms with van der Waals surface area (Å²) >= 11 is 0. The summed E-state index contributed by atoms with van der Waals surface area (Å²) in [5, 5.41) is 12.1. The predicted octanol–water partition coefficient (Wildman–Crippen LogP) is 2.21. The summed E-state index contributed by atoms with van der Waals surface area (Å²) in [7, 11) is 0. The van der Waals surface area contributed by atoms with Crippen molar-refractivity contribution in [3.63, 3.8) is 0 Å². The lowest BCUT2D eigenvalue weighted by atomic mass is 10.0. The van der Waals surface area contributed by atoms with Gasteiger partial charge < -0.3 is 20.1 Å². The van der Waals surface area contributed by atoms with E-state index in [1.807, 2.05) is 49.1 Å². The third-order valence-corrected chi connectivity index (χ3v) is 4.88. The topological polar surface area (TPSA) is 82.1 Å². The molecule has 1 atom stereocenters. The van der Waals surface area contributed by atoms with Gasteiger partial charge in [0, 0.05) is 45.2 Å². The standard InChI is InChI=1S/C21H33N3O4/c1-17(2)28-15-14-23-10-12-24(13-11-23)21(27)22-19(8-9-20(25)26)16-18-6-4-3-5-7-18/h3-7,17,19H,8-16H2,1-2H3,(H,22,27)(H,25,26). The summed E-state index contributed by atoms with van der Waals surface area (Å²) in [5.74, 6) is -0.843. The molecule has 28 heavy (non-hydrogen) atoms. The molecule has 1 unspecified atom stereocenters. The summed E-state index contributed by atoms with van der Waals surface area (Å²) < 4.78 is 5.59. The number of carboxylic acids is 1. The SMILES string of the molecule is CC(C)OCCN1CCN(C(=O)NC(CCC(=O)O)Cc2ccccc2)CC1. The van der Waals surface area contributed by atoms with Gasteiger partial charge in [0.1, 0.15) is 0 Å². The van der Waals surface area contributed by atoms with Crippen molar-refractivity contribution in [2.45, 2.75) is 45.3 Å². The van der Waals surface area contributed by atoms with Crippen LogP contribution in [0.5, 0.6) is 0 Å². The number of hydrogen-bond donors (Lipinski definition) is 2. The third kappa shape index (κ3) is 8.27. The van der Waals surface area contributed by atoms with Gasteiger partial charge in [-0.05, 0) is 32.3 Å². The van der Waals surface area contributed by atoms with Crippen molar-refractivity contribution in [3.05, 3.63) is 35.9 Å². The molecule has 7 nitrogen and oxygen atoms in total. The molecule has 7 heteroatoms. The Bertz CT molecular complexity index is 601.